The van der Waals surface area contributed by atoms with E-state index in [1.165, 1.54) is 32.4 Å². The molecule has 2 heterocycles. The van der Waals surface area contributed by atoms with Crippen molar-refractivity contribution in [1.29, 1.82) is 0 Å². The standard InChI is InChI=1S/C21H22N4O6S/c1-25-7-6-22-21(25)20(13-8-14(29-2)10-15(9-13)30-3)24-32(27,28)16-4-5-18-17(11-16)23-19(26)12-31-18/h4-11,20,24H,12H2,1-3H3,(H,23,26). The summed E-state index contributed by atoms with van der Waals surface area (Å²) >= 11 is 0. The van der Waals surface area contributed by atoms with Gasteiger partial charge in [0.25, 0.3) is 5.91 Å². The van der Waals surface area contributed by atoms with E-state index >= 15 is 0 Å². The van der Waals surface area contributed by atoms with Crippen molar-refractivity contribution in [2.24, 2.45) is 7.05 Å². The number of anilines is 1. The molecular weight excluding hydrogens is 436 g/mol. The van der Waals surface area contributed by atoms with Crippen LogP contribution in [0.5, 0.6) is 17.2 Å². The van der Waals surface area contributed by atoms with Crippen LogP contribution < -0.4 is 24.2 Å². The van der Waals surface area contributed by atoms with Gasteiger partial charge in [-0.05, 0) is 35.9 Å². The van der Waals surface area contributed by atoms with Crippen LogP contribution in [0.2, 0.25) is 0 Å². The summed E-state index contributed by atoms with van der Waals surface area (Å²) in [6.07, 6.45) is 3.31. The van der Waals surface area contributed by atoms with Gasteiger partial charge in [-0.15, -0.1) is 0 Å². The number of aryl methyl sites for hydroxylation is 1. The number of hydrogen-bond acceptors (Lipinski definition) is 7. The molecule has 1 atom stereocenters. The van der Waals surface area contributed by atoms with Crippen LogP contribution in [0.4, 0.5) is 5.69 Å². The van der Waals surface area contributed by atoms with Gasteiger partial charge in [0.15, 0.2) is 6.61 Å². The average molecular weight is 458 g/mol. The Morgan fingerprint density at radius 3 is 2.50 bits per heavy atom. The molecule has 10 nitrogen and oxygen atoms in total. The number of ether oxygens (including phenoxy) is 3. The molecule has 0 spiro atoms. The summed E-state index contributed by atoms with van der Waals surface area (Å²) in [6, 6.07) is 8.56. The summed E-state index contributed by atoms with van der Waals surface area (Å²) in [5, 5.41) is 2.62. The Balaban J connectivity index is 1.76. The molecule has 11 heteroatoms. The number of sulfonamides is 1. The lowest BCUT2D eigenvalue weighted by molar-refractivity contribution is -0.118. The SMILES string of the molecule is COc1cc(OC)cc(C(NS(=O)(=O)c2ccc3c(c2)NC(=O)CO3)c2nccn2C)c1. The number of amides is 1. The topological polar surface area (TPSA) is 121 Å². The fourth-order valence-corrected chi connectivity index (χ4v) is 4.58. The fraction of sp³-hybridized carbons (Fsp3) is 0.238. The van der Waals surface area contributed by atoms with Crippen LogP contribution in [-0.4, -0.2) is 44.7 Å². The van der Waals surface area contributed by atoms with Crippen molar-refractivity contribution in [3.05, 3.63) is 60.2 Å². The third-order valence-electron chi connectivity index (χ3n) is 4.99. The van der Waals surface area contributed by atoms with Crippen LogP contribution in [0.25, 0.3) is 0 Å². The highest BCUT2D eigenvalue weighted by Gasteiger charge is 2.28. The highest BCUT2D eigenvalue weighted by Crippen LogP contribution is 2.33. The van der Waals surface area contributed by atoms with Crippen molar-refractivity contribution in [3.63, 3.8) is 0 Å². The minimum absolute atomic E-state index is 0.0314. The van der Waals surface area contributed by atoms with Gasteiger partial charge in [-0.3, -0.25) is 4.79 Å². The van der Waals surface area contributed by atoms with Gasteiger partial charge in [0.1, 0.15) is 29.1 Å². The summed E-state index contributed by atoms with van der Waals surface area (Å²) in [5.41, 5.74) is 0.870. The molecule has 3 aromatic rings. The van der Waals surface area contributed by atoms with Crippen molar-refractivity contribution in [2.45, 2.75) is 10.9 Å². The fourth-order valence-electron chi connectivity index (χ4n) is 3.37. The quantitative estimate of drug-likeness (QED) is 0.554. The molecule has 1 aliphatic rings. The minimum Gasteiger partial charge on any atom is -0.497 e. The molecule has 2 N–H and O–H groups in total. The lowest BCUT2D eigenvalue weighted by Gasteiger charge is -2.22. The monoisotopic (exact) mass is 458 g/mol. The molecule has 0 saturated heterocycles. The van der Waals surface area contributed by atoms with Crippen molar-refractivity contribution in [1.82, 2.24) is 14.3 Å². The number of carbonyl (C=O) groups excluding carboxylic acids is 1. The van der Waals surface area contributed by atoms with Crippen LogP contribution in [0.15, 0.2) is 53.7 Å². The number of benzene rings is 2. The lowest BCUT2D eigenvalue weighted by atomic mass is 10.1. The number of rotatable bonds is 7. The molecule has 0 aliphatic carbocycles. The average Bonchev–Trinajstić information content (AvgIpc) is 3.22. The predicted octanol–water partition coefficient (Wildman–Crippen LogP) is 1.84. The maximum atomic E-state index is 13.3. The van der Waals surface area contributed by atoms with Gasteiger partial charge in [0.05, 0.1) is 24.8 Å². The molecule has 168 valence electrons. The van der Waals surface area contributed by atoms with Crippen LogP contribution in [-0.2, 0) is 21.9 Å². The van der Waals surface area contributed by atoms with E-state index in [0.717, 1.165) is 0 Å². The van der Waals surface area contributed by atoms with E-state index in [9.17, 15) is 13.2 Å². The van der Waals surface area contributed by atoms with Crippen molar-refractivity contribution in [2.75, 3.05) is 26.1 Å². The Morgan fingerprint density at radius 1 is 1.16 bits per heavy atom. The number of hydrogen-bond donors (Lipinski definition) is 2. The molecule has 4 rings (SSSR count). The van der Waals surface area contributed by atoms with Crippen molar-refractivity contribution < 1.29 is 27.4 Å². The summed E-state index contributed by atoms with van der Waals surface area (Å²) in [5.74, 6) is 1.53. The number of imidazole rings is 1. The number of methoxy groups -OCH3 is 2. The van der Waals surface area contributed by atoms with E-state index in [1.807, 2.05) is 0 Å². The lowest BCUT2D eigenvalue weighted by Crippen LogP contribution is -2.31. The predicted molar refractivity (Wildman–Crippen MR) is 115 cm³/mol. The molecule has 1 aliphatic heterocycles. The third kappa shape index (κ3) is 4.25. The van der Waals surface area contributed by atoms with Gasteiger partial charge in [-0.25, -0.2) is 13.4 Å². The van der Waals surface area contributed by atoms with Crippen molar-refractivity contribution >= 4 is 21.6 Å². The smallest absolute Gasteiger partial charge is 0.262 e. The summed E-state index contributed by atoms with van der Waals surface area (Å²) in [7, 11) is 0.770. The van der Waals surface area contributed by atoms with Crippen LogP contribution in [0.1, 0.15) is 17.4 Å². The zero-order valence-electron chi connectivity index (χ0n) is 17.7. The van der Waals surface area contributed by atoms with Crippen LogP contribution in [0, 0.1) is 0 Å². The molecule has 0 bridgehead atoms. The van der Waals surface area contributed by atoms with Gasteiger partial charge >= 0.3 is 0 Å². The van der Waals surface area contributed by atoms with Crippen LogP contribution >= 0.6 is 0 Å². The molecule has 32 heavy (non-hydrogen) atoms. The highest BCUT2D eigenvalue weighted by atomic mass is 32.2. The second-order valence-electron chi connectivity index (χ2n) is 7.09. The van der Waals surface area contributed by atoms with Gasteiger partial charge in [-0.1, -0.05) is 0 Å². The minimum atomic E-state index is -4.03. The number of carbonyl (C=O) groups is 1. The Bertz CT molecular complexity index is 1250. The Labute approximate surface area is 185 Å². The number of aromatic nitrogens is 2. The van der Waals surface area contributed by atoms with Gasteiger partial charge in [0.2, 0.25) is 10.0 Å². The summed E-state index contributed by atoms with van der Waals surface area (Å²) in [4.78, 5) is 15.9. The van der Waals surface area contributed by atoms with Crippen molar-refractivity contribution in [3.8, 4) is 17.2 Å². The molecule has 1 unspecified atom stereocenters. The maximum Gasteiger partial charge on any atom is 0.262 e. The molecule has 1 aromatic heterocycles. The molecule has 1 amide bonds. The van der Waals surface area contributed by atoms with E-state index in [4.69, 9.17) is 14.2 Å². The molecular formula is C21H22N4O6S. The van der Waals surface area contributed by atoms with Gasteiger partial charge < -0.3 is 24.1 Å². The van der Waals surface area contributed by atoms with Gasteiger partial charge in [-0.2, -0.15) is 4.72 Å². The Kier molecular flexibility index (Phi) is 5.76. The molecule has 0 fully saturated rings. The summed E-state index contributed by atoms with van der Waals surface area (Å²) < 4.78 is 47.1. The normalized spacial score (nSPS) is 14.2. The molecule has 0 radical (unpaired) electrons. The first-order chi connectivity index (χ1) is 15.3. The highest BCUT2D eigenvalue weighted by molar-refractivity contribution is 7.89. The van der Waals surface area contributed by atoms with Gasteiger partial charge in [0, 0.05) is 25.5 Å². The molecule has 2 aromatic carbocycles. The van der Waals surface area contributed by atoms with E-state index in [1.54, 1.807) is 42.2 Å². The summed E-state index contributed by atoms with van der Waals surface area (Å²) in [6.45, 7) is -0.115. The number of fused-ring (bicyclic) bond motifs is 1. The second-order valence-corrected chi connectivity index (χ2v) is 8.81. The zero-order valence-corrected chi connectivity index (χ0v) is 18.5. The van der Waals surface area contributed by atoms with E-state index in [0.29, 0.717) is 34.3 Å². The largest absolute Gasteiger partial charge is 0.497 e. The first-order valence-electron chi connectivity index (χ1n) is 9.60. The first kappa shape index (κ1) is 21.7. The number of nitrogens with one attached hydrogen (secondary N) is 2. The first-order valence-corrected chi connectivity index (χ1v) is 11.1. The second kappa shape index (κ2) is 8.52. The Hall–Kier alpha value is -3.57. The Morgan fingerprint density at radius 2 is 1.88 bits per heavy atom. The van der Waals surface area contributed by atoms with E-state index in [2.05, 4.69) is 15.0 Å². The third-order valence-corrected chi connectivity index (χ3v) is 6.41. The van der Waals surface area contributed by atoms with Crippen LogP contribution in [0.3, 0.4) is 0 Å². The zero-order chi connectivity index (χ0) is 22.9. The molecule has 0 saturated carbocycles. The van der Waals surface area contributed by atoms with E-state index < -0.39 is 16.1 Å². The number of nitrogens with zero attached hydrogens (tertiary/aromatic N) is 2. The maximum absolute atomic E-state index is 13.3. The van der Waals surface area contributed by atoms with E-state index in [-0.39, 0.29) is 17.4 Å².